The van der Waals surface area contributed by atoms with Crippen LogP contribution in [0, 0.1) is 11.3 Å². The molecule has 0 spiro atoms. The third kappa shape index (κ3) is 2.11. The van der Waals surface area contributed by atoms with Gasteiger partial charge >= 0.3 is 0 Å². The van der Waals surface area contributed by atoms with Gasteiger partial charge in [0, 0.05) is 23.8 Å². The smallest absolute Gasteiger partial charge is 0.101 e. The van der Waals surface area contributed by atoms with Crippen LogP contribution in [0.5, 0.6) is 0 Å². The van der Waals surface area contributed by atoms with Gasteiger partial charge in [-0.15, -0.1) is 0 Å². The van der Waals surface area contributed by atoms with Gasteiger partial charge in [-0.1, -0.05) is 17.7 Å². The van der Waals surface area contributed by atoms with E-state index in [9.17, 15) is 5.26 Å². The van der Waals surface area contributed by atoms with E-state index in [2.05, 4.69) is 11.0 Å². The van der Waals surface area contributed by atoms with Gasteiger partial charge in [-0.3, -0.25) is 0 Å². The number of nitrogen functional groups attached to an aromatic ring is 1. The maximum absolute atomic E-state index is 9.19. The predicted octanol–water partition coefficient (Wildman–Crippen LogP) is 3.31. The van der Waals surface area contributed by atoms with Gasteiger partial charge in [0.05, 0.1) is 11.3 Å². The predicted molar refractivity (Wildman–Crippen MR) is 76.9 cm³/mol. The van der Waals surface area contributed by atoms with Crippen molar-refractivity contribution in [3.63, 3.8) is 0 Å². The molecule has 1 aliphatic heterocycles. The monoisotopic (exact) mass is 269 g/mol. The Hall–Kier alpha value is -2.18. The molecule has 0 bridgehead atoms. The molecule has 19 heavy (non-hydrogen) atoms. The normalized spacial score (nSPS) is 13.2. The largest absolute Gasteiger partial charge is 0.399 e. The molecule has 4 heteroatoms. The first kappa shape index (κ1) is 11.9. The molecule has 2 N–H and O–H groups in total. The highest BCUT2D eigenvalue weighted by Crippen LogP contribution is 2.32. The van der Waals surface area contributed by atoms with E-state index in [4.69, 9.17) is 17.3 Å². The number of nitriles is 1. The highest BCUT2D eigenvalue weighted by atomic mass is 35.5. The Bertz CT molecular complexity index is 688. The topological polar surface area (TPSA) is 53.0 Å². The van der Waals surface area contributed by atoms with Crippen molar-refractivity contribution in [1.82, 2.24) is 0 Å². The fourth-order valence-electron chi connectivity index (χ4n) is 2.45. The van der Waals surface area contributed by atoms with E-state index in [0.717, 1.165) is 24.5 Å². The Balaban J connectivity index is 1.99. The Labute approximate surface area is 116 Å². The van der Waals surface area contributed by atoms with Crippen LogP contribution in [0.3, 0.4) is 0 Å². The lowest BCUT2D eigenvalue weighted by atomic mass is 10.1. The Morgan fingerprint density at radius 3 is 2.68 bits per heavy atom. The van der Waals surface area contributed by atoms with Gasteiger partial charge in [0.2, 0.25) is 0 Å². The first-order chi connectivity index (χ1) is 9.17. The molecule has 0 unspecified atom stereocenters. The zero-order valence-corrected chi connectivity index (χ0v) is 11.0. The van der Waals surface area contributed by atoms with Crippen molar-refractivity contribution in [3.05, 3.63) is 58.1 Å². The zero-order chi connectivity index (χ0) is 13.4. The van der Waals surface area contributed by atoms with E-state index in [1.54, 1.807) is 12.1 Å². The molecule has 0 amide bonds. The van der Waals surface area contributed by atoms with Crippen molar-refractivity contribution in [2.45, 2.75) is 13.1 Å². The lowest BCUT2D eigenvalue weighted by molar-refractivity contribution is 0.878. The van der Waals surface area contributed by atoms with E-state index in [1.807, 2.05) is 24.3 Å². The Morgan fingerprint density at radius 1 is 1.11 bits per heavy atom. The molecule has 0 atom stereocenters. The van der Waals surface area contributed by atoms with Crippen LogP contribution < -0.4 is 10.6 Å². The van der Waals surface area contributed by atoms with Crippen LogP contribution in [-0.4, -0.2) is 0 Å². The van der Waals surface area contributed by atoms with Gasteiger partial charge in [-0.05, 0) is 41.5 Å². The number of benzene rings is 2. The van der Waals surface area contributed by atoms with E-state index >= 15 is 0 Å². The second-order valence-corrected chi connectivity index (χ2v) is 5.09. The Morgan fingerprint density at radius 2 is 1.89 bits per heavy atom. The minimum absolute atomic E-state index is 0.643. The van der Waals surface area contributed by atoms with Crippen molar-refractivity contribution in [2.75, 3.05) is 10.6 Å². The number of nitrogens with zero attached hydrogens (tertiary/aromatic N) is 2. The second-order valence-electron chi connectivity index (χ2n) is 4.66. The summed E-state index contributed by atoms with van der Waals surface area (Å²) >= 11 is 6.03. The molecule has 0 saturated heterocycles. The van der Waals surface area contributed by atoms with Gasteiger partial charge in [0.15, 0.2) is 0 Å². The molecule has 3 nitrogen and oxygen atoms in total. The maximum atomic E-state index is 9.19. The number of hydrogen-bond acceptors (Lipinski definition) is 3. The van der Waals surface area contributed by atoms with E-state index in [-0.39, 0.29) is 0 Å². The van der Waals surface area contributed by atoms with Crippen molar-refractivity contribution in [3.8, 4) is 6.07 Å². The summed E-state index contributed by atoms with van der Waals surface area (Å²) in [7, 11) is 0. The number of hydrogen-bond donors (Lipinski definition) is 1. The summed E-state index contributed by atoms with van der Waals surface area (Å²) in [5.74, 6) is 0. The summed E-state index contributed by atoms with van der Waals surface area (Å²) in [5.41, 5.74) is 10.6. The number of anilines is 2. The lowest BCUT2D eigenvalue weighted by Gasteiger charge is -2.19. The molecule has 0 aromatic heterocycles. The average molecular weight is 270 g/mol. The second kappa shape index (κ2) is 4.49. The molecular formula is C15H12ClN3. The number of nitrogens with two attached hydrogens (primary N) is 1. The SMILES string of the molecule is N#Cc1ccc(Cl)cc1N1Cc2ccc(N)cc2C1. The third-order valence-corrected chi connectivity index (χ3v) is 3.61. The molecule has 1 aliphatic rings. The van der Waals surface area contributed by atoms with Crippen molar-refractivity contribution in [1.29, 1.82) is 5.26 Å². The minimum atomic E-state index is 0.643. The first-order valence-corrected chi connectivity index (χ1v) is 6.37. The van der Waals surface area contributed by atoms with Crippen molar-refractivity contribution in [2.24, 2.45) is 0 Å². The molecule has 3 rings (SSSR count). The molecule has 0 aliphatic carbocycles. The molecular weight excluding hydrogens is 258 g/mol. The van der Waals surface area contributed by atoms with Crippen LogP contribution in [0.4, 0.5) is 11.4 Å². The van der Waals surface area contributed by atoms with E-state index < -0.39 is 0 Å². The van der Waals surface area contributed by atoms with Crippen molar-refractivity contribution >= 4 is 23.0 Å². The van der Waals surface area contributed by atoms with Crippen LogP contribution in [-0.2, 0) is 13.1 Å². The quantitative estimate of drug-likeness (QED) is 0.808. The van der Waals surface area contributed by atoms with Gasteiger partial charge in [0.25, 0.3) is 0 Å². The first-order valence-electron chi connectivity index (χ1n) is 5.99. The highest BCUT2D eigenvalue weighted by Gasteiger charge is 2.21. The molecule has 0 fully saturated rings. The van der Waals surface area contributed by atoms with Crippen LogP contribution in [0.25, 0.3) is 0 Å². The highest BCUT2D eigenvalue weighted by molar-refractivity contribution is 6.30. The fourth-order valence-corrected chi connectivity index (χ4v) is 2.61. The Kier molecular flexibility index (Phi) is 2.81. The summed E-state index contributed by atoms with van der Waals surface area (Å²) in [5, 5.41) is 9.83. The van der Waals surface area contributed by atoms with Crippen LogP contribution in [0.1, 0.15) is 16.7 Å². The summed E-state index contributed by atoms with van der Waals surface area (Å²) in [6.07, 6.45) is 0. The standard InChI is InChI=1S/C15H12ClN3/c16-13-3-1-10(7-17)15(6-13)19-8-11-2-4-14(18)5-12(11)9-19/h1-6H,8-9,18H2. The average Bonchev–Trinajstić information content (AvgIpc) is 2.81. The molecule has 2 aromatic carbocycles. The van der Waals surface area contributed by atoms with Crippen LogP contribution in [0.15, 0.2) is 36.4 Å². The number of fused-ring (bicyclic) bond motifs is 1. The summed E-state index contributed by atoms with van der Waals surface area (Å²) in [6, 6.07) is 13.5. The molecule has 0 radical (unpaired) electrons. The van der Waals surface area contributed by atoms with Crippen LogP contribution >= 0.6 is 11.6 Å². The lowest BCUT2D eigenvalue weighted by Crippen LogP contribution is -2.15. The summed E-state index contributed by atoms with van der Waals surface area (Å²) in [4.78, 5) is 2.15. The fraction of sp³-hybridized carbons (Fsp3) is 0.133. The summed E-state index contributed by atoms with van der Waals surface area (Å²) in [6.45, 7) is 1.54. The number of halogens is 1. The molecule has 1 heterocycles. The molecule has 0 saturated carbocycles. The maximum Gasteiger partial charge on any atom is 0.101 e. The molecule has 94 valence electrons. The zero-order valence-electron chi connectivity index (χ0n) is 10.2. The van der Waals surface area contributed by atoms with Gasteiger partial charge in [0.1, 0.15) is 6.07 Å². The van der Waals surface area contributed by atoms with E-state index in [1.165, 1.54) is 11.1 Å². The number of rotatable bonds is 1. The van der Waals surface area contributed by atoms with Gasteiger partial charge in [-0.2, -0.15) is 5.26 Å². The van der Waals surface area contributed by atoms with Crippen molar-refractivity contribution < 1.29 is 0 Å². The minimum Gasteiger partial charge on any atom is -0.399 e. The summed E-state index contributed by atoms with van der Waals surface area (Å²) < 4.78 is 0. The van der Waals surface area contributed by atoms with Gasteiger partial charge in [-0.25, -0.2) is 0 Å². The third-order valence-electron chi connectivity index (χ3n) is 3.37. The van der Waals surface area contributed by atoms with Crippen LogP contribution in [0.2, 0.25) is 5.02 Å². The van der Waals surface area contributed by atoms with E-state index in [0.29, 0.717) is 10.6 Å². The van der Waals surface area contributed by atoms with Gasteiger partial charge < -0.3 is 10.6 Å². The molecule has 2 aromatic rings.